The predicted molar refractivity (Wildman–Crippen MR) is 77.7 cm³/mol. The zero-order chi connectivity index (χ0) is 16.8. The summed E-state index contributed by atoms with van der Waals surface area (Å²) in [6.07, 6.45) is -3.41. The third-order valence-corrected chi connectivity index (χ3v) is 4.47. The summed E-state index contributed by atoms with van der Waals surface area (Å²) in [5.74, 6) is -2.03. The Bertz CT molecular complexity index is 733. The molecule has 1 amide bonds. The number of aryl methyl sites for hydroxylation is 2. The van der Waals surface area contributed by atoms with Crippen LogP contribution in [0, 0.1) is 18.8 Å². The molecule has 9 heteroatoms. The molecular formula is C14H18F3N5O. The first-order chi connectivity index (χ1) is 10.8. The Hall–Kier alpha value is -2.06. The van der Waals surface area contributed by atoms with Gasteiger partial charge in [-0.1, -0.05) is 6.42 Å². The molecule has 0 unspecified atom stereocenters. The van der Waals surface area contributed by atoms with Crippen molar-refractivity contribution < 1.29 is 18.0 Å². The van der Waals surface area contributed by atoms with Crippen molar-refractivity contribution in [3.8, 4) is 0 Å². The lowest BCUT2D eigenvalue weighted by Crippen LogP contribution is -2.34. The van der Waals surface area contributed by atoms with Crippen LogP contribution in [0.25, 0.3) is 11.0 Å². The second-order valence-corrected chi connectivity index (χ2v) is 6.10. The van der Waals surface area contributed by atoms with Crippen LogP contribution in [0.2, 0.25) is 0 Å². The van der Waals surface area contributed by atoms with Crippen LogP contribution >= 0.6 is 0 Å². The van der Waals surface area contributed by atoms with Crippen molar-refractivity contribution in [2.45, 2.75) is 38.8 Å². The standard InChI is InChI=1S/C14H18F3N5O/c1-7-10-11(19-20-12(10)22(2)21-7)18-13(23)8-4-3-5-9(6-8)14(15,16)17/h8-9H,3-6H2,1-2H3,(H2,18,19,20,23)/t8-,9-/m0/s1. The molecule has 1 aliphatic rings. The smallest absolute Gasteiger partial charge is 0.310 e. The fourth-order valence-corrected chi connectivity index (χ4v) is 3.27. The highest BCUT2D eigenvalue weighted by Gasteiger charge is 2.43. The van der Waals surface area contributed by atoms with Gasteiger partial charge in [0.1, 0.15) is 5.82 Å². The number of halogens is 3. The number of amides is 1. The molecule has 0 aromatic carbocycles. The molecule has 0 bridgehead atoms. The number of rotatable bonds is 2. The Morgan fingerprint density at radius 3 is 2.83 bits per heavy atom. The third-order valence-electron chi connectivity index (χ3n) is 4.47. The molecule has 0 aliphatic heterocycles. The topological polar surface area (TPSA) is 75.6 Å². The van der Waals surface area contributed by atoms with E-state index in [9.17, 15) is 18.0 Å². The summed E-state index contributed by atoms with van der Waals surface area (Å²) in [6, 6.07) is 0. The summed E-state index contributed by atoms with van der Waals surface area (Å²) in [7, 11) is 1.73. The molecule has 23 heavy (non-hydrogen) atoms. The van der Waals surface area contributed by atoms with E-state index < -0.39 is 23.9 Å². The molecule has 0 spiro atoms. The lowest BCUT2D eigenvalue weighted by molar-refractivity contribution is -0.185. The van der Waals surface area contributed by atoms with Crippen LogP contribution in [0.4, 0.5) is 19.0 Å². The number of hydrogen-bond acceptors (Lipinski definition) is 3. The number of anilines is 1. The number of carbonyl (C=O) groups is 1. The fraction of sp³-hybridized carbons (Fsp3) is 0.643. The maximum atomic E-state index is 12.9. The number of aromatic amines is 1. The van der Waals surface area contributed by atoms with Gasteiger partial charge < -0.3 is 5.32 Å². The number of H-pyrrole nitrogens is 1. The minimum Gasteiger partial charge on any atom is -0.310 e. The van der Waals surface area contributed by atoms with Gasteiger partial charge in [-0.25, -0.2) is 4.68 Å². The Morgan fingerprint density at radius 1 is 1.39 bits per heavy atom. The summed E-state index contributed by atoms with van der Waals surface area (Å²) >= 11 is 0. The average molecular weight is 329 g/mol. The SMILES string of the molecule is Cc1nn(C)c2n[nH]c(NC(=O)[C@H]3CCC[C@H](C(F)(F)F)C3)c12. The molecule has 1 fully saturated rings. The van der Waals surface area contributed by atoms with Crippen molar-refractivity contribution in [3.05, 3.63) is 5.69 Å². The van der Waals surface area contributed by atoms with Gasteiger partial charge in [-0.2, -0.15) is 23.4 Å². The molecule has 1 aliphatic carbocycles. The first-order valence-corrected chi connectivity index (χ1v) is 7.52. The van der Waals surface area contributed by atoms with Gasteiger partial charge in [0, 0.05) is 13.0 Å². The van der Waals surface area contributed by atoms with Gasteiger partial charge in [-0.3, -0.25) is 9.89 Å². The van der Waals surface area contributed by atoms with Crippen molar-refractivity contribution in [1.82, 2.24) is 20.0 Å². The van der Waals surface area contributed by atoms with E-state index in [0.717, 1.165) is 0 Å². The van der Waals surface area contributed by atoms with Crippen LogP contribution < -0.4 is 5.32 Å². The van der Waals surface area contributed by atoms with Crippen LogP contribution in [0.3, 0.4) is 0 Å². The number of hydrogen-bond donors (Lipinski definition) is 2. The van der Waals surface area contributed by atoms with Crippen molar-refractivity contribution in [3.63, 3.8) is 0 Å². The van der Waals surface area contributed by atoms with Crippen LogP contribution in [0.1, 0.15) is 31.4 Å². The van der Waals surface area contributed by atoms with Gasteiger partial charge in [0.2, 0.25) is 5.91 Å². The van der Waals surface area contributed by atoms with E-state index in [4.69, 9.17) is 0 Å². The van der Waals surface area contributed by atoms with Crippen LogP contribution in [-0.2, 0) is 11.8 Å². The number of aromatic nitrogens is 4. The average Bonchev–Trinajstić information content (AvgIpc) is 3.01. The summed E-state index contributed by atoms with van der Waals surface area (Å²) in [5.41, 5.74) is 1.29. The van der Waals surface area contributed by atoms with Gasteiger partial charge in [-0.05, 0) is 26.2 Å². The number of carbonyl (C=O) groups excluding carboxylic acids is 1. The normalized spacial score (nSPS) is 22.5. The van der Waals surface area contributed by atoms with Crippen molar-refractivity contribution in [1.29, 1.82) is 0 Å². The summed E-state index contributed by atoms with van der Waals surface area (Å²) in [6.45, 7) is 1.79. The summed E-state index contributed by atoms with van der Waals surface area (Å²) in [4.78, 5) is 12.3. The van der Waals surface area contributed by atoms with E-state index in [1.807, 2.05) is 0 Å². The molecule has 126 valence electrons. The molecule has 6 nitrogen and oxygen atoms in total. The quantitative estimate of drug-likeness (QED) is 0.889. The minimum absolute atomic E-state index is 0.100. The molecule has 0 saturated heterocycles. The zero-order valence-corrected chi connectivity index (χ0v) is 12.9. The highest BCUT2D eigenvalue weighted by atomic mass is 19.4. The maximum absolute atomic E-state index is 12.9. The Balaban J connectivity index is 1.76. The maximum Gasteiger partial charge on any atom is 0.391 e. The Labute approximate surface area is 130 Å². The minimum atomic E-state index is -4.24. The van der Waals surface area contributed by atoms with Gasteiger partial charge in [-0.15, -0.1) is 0 Å². The van der Waals surface area contributed by atoms with Crippen molar-refractivity contribution in [2.75, 3.05) is 5.32 Å². The Kier molecular flexibility index (Phi) is 3.81. The largest absolute Gasteiger partial charge is 0.391 e. The van der Waals surface area contributed by atoms with Gasteiger partial charge >= 0.3 is 6.18 Å². The van der Waals surface area contributed by atoms with Crippen molar-refractivity contribution >= 4 is 22.8 Å². The van der Waals surface area contributed by atoms with Crippen LogP contribution in [0.5, 0.6) is 0 Å². The van der Waals surface area contributed by atoms with E-state index in [2.05, 4.69) is 20.6 Å². The molecule has 2 atom stereocenters. The first kappa shape index (κ1) is 15.8. The monoisotopic (exact) mass is 329 g/mol. The number of nitrogens with one attached hydrogen (secondary N) is 2. The fourth-order valence-electron chi connectivity index (χ4n) is 3.27. The van der Waals surface area contributed by atoms with Crippen molar-refractivity contribution in [2.24, 2.45) is 18.9 Å². The van der Waals surface area contributed by atoms with E-state index in [-0.39, 0.29) is 12.8 Å². The van der Waals surface area contributed by atoms with E-state index in [0.29, 0.717) is 35.4 Å². The van der Waals surface area contributed by atoms with Crippen LogP contribution in [-0.4, -0.2) is 32.1 Å². The van der Waals surface area contributed by atoms with Gasteiger partial charge in [0.25, 0.3) is 0 Å². The molecule has 1 saturated carbocycles. The molecule has 2 N–H and O–H groups in total. The molecule has 2 aromatic heterocycles. The molecule has 2 heterocycles. The van der Waals surface area contributed by atoms with Gasteiger partial charge in [0.05, 0.1) is 17.0 Å². The van der Waals surface area contributed by atoms with E-state index >= 15 is 0 Å². The highest BCUT2D eigenvalue weighted by Crippen LogP contribution is 2.40. The Morgan fingerprint density at radius 2 is 2.13 bits per heavy atom. The third kappa shape index (κ3) is 2.91. The van der Waals surface area contributed by atoms with E-state index in [1.54, 1.807) is 18.7 Å². The molecule has 3 rings (SSSR count). The predicted octanol–water partition coefficient (Wildman–Crippen LogP) is 2.91. The van der Waals surface area contributed by atoms with E-state index in [1.165, 1.54) is 0 Å². The summed E-state index contributed by atoms with van der Waals surface area (Å²) < 4.78 is 40.2. The lowest BCUT2D eigenvalue weighted by Gasteiger charge is -2.29. The molecule has 0 radical (unpaired) electrons. The number of alkyl halides is 3. The highest BCUT2D eigenvalue weighted by molar-refractivity contribution is 6.00. The van der Waals surface area contributed by atoms with Gasteiger partial charge in [0.15, 0.2) is 5.65 Å². The first-order valence-electron chi connectivity index (χ1n) is 7.52. The zero-order valence-electron chi connectivity index (χ0n) is 12.9. The lowest BCUT2D eigenvalue weighted by atomic mass is 9.80. The number of fused-ring (bicyclic) bond motifs is 1. The summed E-state index contributed by atoms with van der Waals surface area (Å²) in [5, 5.41) is 14.4. The number of nitrogens with zero attached hydrogens (tertiary/aromatic N) is 3. The molecular weight excluding hydrogens is 311 g/mol. The second-order valence-electron chi connectivity index (χ2n) is 6.10. The molecule has 2 aromatic rings. The van der Waals surface area contributed by atoms with Crippen LogP contribution in [0.15, 0.2) is 0 Å². The second kappa shape index (κ2) is 5.54.